The Morgan fingerprint density at radius 3 is 2.53 bits per heavy atom. The number of halogens is 3. The van der Waals surface area contributed by atoms with Crippen LogP contribution in [0.1, 0.15) is 21.7 Å². The van der Waals surface area contributed by atoms with E-state index in [2.05, 4.69) is 9.72 Å². The molecule has 0 amide bonds. The van der Waals surface area contributed by atoms with Gasteiger partial charge in [-0.15, -0.1) is 0 Å². The Labute approximate surface area is 90.0 Å². The lowest BCUT2D eigenvalue weighted by molar-refractivity contribution is 0.0597. The first kappa shape index (κ1) is 11.8. The van der Waals surface area contributed by atoms with Crippen molar-refractivity contribution in [3.05, 3.63) is 29.1 Å². The van der Waals surface area contributed by atoms with E-state index in [9.17, 15) is 13.6 Å². The Morgan fingerprint density at radius 1 is 1.53 bits per heavy atom. The minimum absolute atomic E-state index is 0.141. The minimum Gasteiger partial charge on any atom is -0.465 e. The van der Waals surface area contributed by atoms with Crippen LogP contribution >= 0.6 is 11.6 Å². The number of aryl methyl sites for hydroxylation is 1. The number of hydrogen-bond acceptors (Lipinski definition) is 3. The Balaban J connectivity index is 3.15. The summed E-state index contributed by atoms with van der Waals surface area (Å²) in [5.74, 6) is -0.621. The van der Waals surface area contributed by atoms with Crippen molar-refractivity contribution >= 4 is 17.6 Å². The molecule has 0 aliphatic carbocycles. The van der Waals surface area contributed by atoms with Gasteiger partial charge in [-0.1, -0.05) is 0 Å². The van der Waals surface area contributed by atoms with Crippen molar-refractivity contribution < 1.29 is 18.3 Å². The smallest absolute Gasteiger partial charge is 0.364 e. The third kappa shape index (κ3) is 2.62. The first-order chi connectivity index (χ1) is 6.86. The monoisotopic (exact) mass is 235 g/mol. The molecule has 0 fully saturated rings. The number of ether oxygens (including phenoxy) is 1. The van der Waals surface area contributed by atoms with Gasteiger partial charge in [0.25, 0.3) is 0 Å². The largest absolute Gasteiger partial charge is 0.465 e. The molecule has 15 heavy (non-hydrogen) atoms. The predicted octanol–water partition coefficient (Wildman–Crippen LogP) is 2.46. The quantitative estimate of drug-likeness (QED) is 0.584. The second-order valence-corrected chi connectivity index (χ2v) is 3.29. The molecule has 0 aromatic carbocycles. The minimum atomic E-state index is -3.53. The molecule has 1 rings (SSSR count). The normalized spacial score (nSPS) is 11.3. The van der Waals surface area contributed by atoms with E-state index in [4.69, 9.17) is 11.6 Å². The Kier molecular flexibility index (Phi) is 3.24. The van der Waals surface area contributed by atoms with E-state index in [-0.39, 0.29) is 11.3 Å². The lowest BCUT2D eigenvalue weighted by atomic mass is 10.2. The Morgan fingerprint density at radius 2 is 2.13 bits per heavy atom. The number of pyridine rings is 1. The maximum Gasteiger partial charge on any atom is 0.364 e. The van der Waals surface area contributed by atoms with Gasteiger partial charge in [-0.2, -0.15) is 8.78 Å². The van der Waals surface area contributed by atoms with Crippen LogP contribution in [0.25, 0.3) is 0 Å². The second-order valence-electron chi connectivity index (χ2n) is 2.82. The molecular weight excluding hydrogens is 228 g/mol. The molecule has 0 N–H and O–H groups in total. The van der Waals surface area contributed by atoms with Crippen molar-refractivity contribution in [1.82, 2.24) is 4.98 Å². The van der Waals surface area contributed by atoms with E-state index in [1.54, 1.807) is 0 Å². The zero-order chi connectivity index (χ0) is 11.6. The number of hydrogen-bond donors (Lipinski definition) is 0. The van der Waals surface area contributed by atoms with Gasteiger partial charge in [-0.3, -0.25) is 0 Å². The summed E-state index contributed by atoms with van der Waals surface area (Å²) in [6.45, 7) is 1.43. The van der Waals surface area contributed by atoms with E-state index in [1.807, 2.05) is 0 Å². The van der Waals surface area contributed by atoms with E-state index < -0.39 is 17.0 Å². The summed E-state index contributed by atoms with van der Waals surface area (Å²) >= 11 is 4.78. The van der Waals surface area contributed by atoms with Crippen molar-refractivity contribution in [2.24, 2.45) is 0 Å². The Hall–Kier alpha value is -1.23. The molecule has 0 aliphatic heterocycles. The van der Waals surface area contributed by atoms with E-state index in [0.717, 1.165) is 6.07 Å². The lowest BCUT2D eigenvalue weighted by Crippen LogP contribution is -2.11. The fourth-order valence-corrected chi connectivity index (χ4v) is 1.15. The topological polar surface area (TPSA) is 39.2 Å². The molecule has 0 unspecified atom stereocenters. The van der Waals surface area contributed by atoms with Crippen LogP contribution in [0, 0.1) is 6.92 Å². The highest BCUT2D eigenvalue weighted by Gasteiger charge is 2.30. The van der Waals surface area contributed by atoms with Crippen molar-refractivity contribution in [2.45, 2.75) is 12.3 Å². The highest BCUT2D eigenvalue weighted by molar-refractivity contribution is 6.21. The van der Waals surface area contributed by atoms with Crippen LogP contribution in [0.15, 0.2) is 12.1 Å². The van der Waals surface area contributed by atoms with Crippen LogP contribution in [-0.4, -0.2) is 18.1 Å². The summed E-state index contributed by atoms with van der Waals surface area (Å²) < 4.78 is 29.7. The maximum absolute atomic E-state index is 12.6. The summed E-state index contributed by atoms with van der Waals surface area (Å²) in [4.78, 5) is 14.6. The van der Waals surface area contributed by atoms with Gasteiger partial charge in [0.15, 0.2) is 0 Å². The molecule has 0 spiro atoms. The first-order valence-electron chi connectivity index (χ1n) is 3.99. The zero-order valence-electron chi connectivity index (χ0n) is 8.05. The number of methoxy groups -OCH3 is 1. The average Bonchev–Trinajstić information content (AvgIpc) is 2.15. The number of nitrogens with zero attached hydrogens (tertiary/aromatic N) is 1. The molecule has 1 heterocycles. The zero-order valence-corrected chi connectivity index (χ0v) is 8.81. The van der Waals surface area contributed by atoms with Crippen molar-refractivity contribution in [3.8, 4) is 0 Å². The number of carbonyl (C=O) groups excluding carboxylic acids is 1. The van der Waals surface area contributed by atoms with Crippen LogP contribution in [0.2, 0.25) is 0 Å². The predicted molar refractivity (Wildman–Crippen MR) is 50.1 cm³/mol. The molecule has 1 aromatic heterocycles. The van der Waals surface area contributed by atoms with E-state index >= 15 is 0 Å². The molecule has 0 saturated carbocycles. The van der Waals surface area contributed by atoms with Gasteiger partial charge in [0.1, 0.15) is 5.69 Å². The fraction of sp³-hybridized carbons (Fsp3) is 0.333. The van der Waals surface area contributed by atoms with Crippen molar-refractivity contribution in [3.63, 3.8) is 0 Å². The number of rotatable bonds is 2. The van der Waals surface area contributed by atoms with Crippen LogP contribution < -0.4 is 0 Å². The van der Waals surface area contributed by atoms with Gasteiger partial charge < -0.3 is 4.74 Å². The van der Waals surface area contributed by atoms with Crippen LogP contribution in [0.5, 0.6) is 0 Å². The summed E-state index contributed by atoms with van der Waals surface area (Å²) in [7, 11) is 1.20. The molecule has 3 nitrogen and oxygen atoms in total. The van der Waals surface area contributed by atoms with Gasteiger partial charge in [-0.25, -0.2) is 9.78 Å². The van der Waals surface area contributed by atoms with E-state index in [1.165, 1.54) is 20.1 Å². The third-order valence-corrected chi connectivity index (χ3v) is 1.98. The van der Waals surface area contributed by atoms with Gasteiger partial charge in [0.05, 0.1) is 18.4 Å². The number of aromatic nitrogens is 1. The second kappa shape index (κ2) is 4.10. The van der Waals surface area contributed by atoms with Crippen LogP contribution in [-0.2, 0) is 10.1 Å². The summed E-state index contributed by atoms with van der Waals surface area (Å²) in [5, 5.41) is -3.53. The number of carbonyl (C=O) groups is 1. The molecule has 0 radical (unpaired) electrons. The first-order valence-corrected chi connectivity index (χ1v) is 4.37. The summed E-state index contributed by atoms with van der Waals surface area (Å²) in [5.41, 5.74) is -0.295. The molecule has 82 valence electrons. The van der Waals surface area contributed by atoms with E-state index in [0.29, 0.717) is 0 Å². The van der Waals surface area contributed by atoms with Crippen LogP contribution in [0.3, 0.4) is 0 Å². The number of alkyl halides is 3. The number of esters is 1. The average molecular weight is 236 g/mol. The highest BCUT2D eigenvalue weighted by atomic mass is 35.5. The molecule has 1 aromatic rings. The third-order valence-electron chi connectivity index (χ3n) is 1.78. The molecular formula is C9H8ClF2NO2. The van der Waals surface area contributed by atoms with Crippen LogP contribution in [0.4, 0.5) is 8.78 Å². The standard InChI is InChI=1S/C9H8ClF2NO2/c1-5-6(8(14)15-2)3-4-7(13-5)9(10,11)12/h3-4H,1-2H3. The maximum atomic E-state index is 12.6. The SMILES string of the molecule is COC(=O)c1ccc(C(F)(F)Cl)nc1C. The molecule has 0 atom stereocenters. The van der Waals surface area contributed by atoms with Gasteiger partial charge in [0.2, 0.25) is 0 Å². The van der Waals surface area contributed by atoms with Crippen molar-refractivity contribution in [2.75, 3.05) is 7.11 Å². The lowest BCUT2D eigenvalue weighted by Gasteiger charge is -2.09. The van der Waals surface area contributed by atoms with Gasteiger partial charge in [-0.05, 0) is 30.7 Å². The Bertz CT molecular complexity index is 390. The summed E-state index contributed by atoms with van der Waals surface area (Å²) in [6, 6.07) is 2.20. The summed E-state index contributed by atoms with van der Waals surface area (Å²) in [6.07, 6.45) is 0. The van der Waals surface area contributed by atoms with Gasteiger partial charge in [0, 0.05) is 0 Å². The highest BCUT2D eigenvalue weighted by Crippen LogP contribution is 2.31. The molecule has 0 bridgehead atoms. The molecule has 6 heteroatoms. The fourth-order valence-electron chi connectivity index (χ4n) is 1.04. The van der Waals surface area contributed by atoms with Crippen molar-refractivity contribution in [1.29, 1.82) is 0 Å². The molecule has 0 aliphatic rings. The van der Waals surface area contributed by atoms with Gasteiger partial charge >= 0.3 is 11.4 Å². The molecule has 0 saturated heterocycles.